The molecule has 0 N–H and O–H groups in total. The normalized spacial score (nSPS) is 11.8. The topological polar surface area (TPSA) is 83.2 Å². The highest BCUT2D eigenvalue weighted by atomic mass is 32.2. The summed E-state index contributed by atoms with van der Waals surface area (Å²) in [5, 5.41) is 5.52. The molecule has 1 aromatic carbocycles. The zero-order chi connectivity index (χ0) is 17.5. The Kier molecular flexibility index (Phi) is 3.92. The molecule has 0 unspecified atom stereocenters. The number of aromatic nitrogens is 3. The molecule has 0 aliphatic heterocycles. The Morgan fingerprint density at radius 3 is 2.42 bits per heavy atom. The van der Waals surface area contributed by atoms with E-state index in [2.05, 4.69) is 5.10 Å². The summed E-state index contributed by atoms with van der Waals surface area (Å²) >= 11 is 0. The fourth-order valence-corrected chi connectivity index (χ4v) is 3.29. The van der Waals surface area contributed by atoms with E-state index >= 15 is 0 Å². The second-order valence-corrected chi connectivity index (χ2v) is 7.76. The number of hydrogen-bond acceptors (Lipinski definition) is 5. The van der Waals surface area contributed by atoms with Crippen LogP contribution >= 0.6 is 0 Å². The molecule has 0 radical (unpaired) electrons. The van der Waals surface area contributed by atoms with Gasteiger partial charge in [-0.05, 0) is 11.5 Å². The van der Waals surface area contributed by atoms with Crippen LogP contribution in [0.4, 0.5) is 0 Å². The van der Waals surface area contributed by atoms with E-state index in [1.54, 1.807) is 31.6 Å². The summed E-state index contributed by atoms with van der Waals surface area (Å²) in [5.41, 5.74) is 1.29. The number of methoxy groups -OCH3 is 1. The van der Waals surface area contributed by atoms with E-state index in [4.69, 9.17) is 4.74 Å². The standard InChI is InChI=1S/C16H17N3O4S/c1-18-8-13(11-6-4-5-7-12(11)16(18)20)14-9-19(10-24(3,21)22)17-15(14)23-2/h4-9H,10H2,1-3H3. The molecule has 2 aromatic heterocycles. The minimum Gasteiger partial charge on any atom is -0.479 e. The highest BCUT2D eigenvalue weighted by molar-refractivity contribution is 7.89. The van der Waals surface area contributed by atoms with Gasteiger partial charge in [-0.3, -0.25) is 9.48 Å². The van der Waals surface area contributed by atoms with Crippen LogP contribution in [-0.2, 0) is 22.8 Å². The minimum absolute atomic E-state index is 0.100. The average molecular weight is 347 g/mol. The number of aryl methyl sites for hydroxylation is 1. The van der Waals surface area contributed by atoms with Crippen molar-refractivity contribution in [2.45, 2.75) is 5.88 Å². The van der Waals surface area contributed by atoms with Gasteiger partial charge in [0.25, 0.3) is 5.56 Å². The van der Waals surface area contributed by atoms with Gasteiger partial charge in [-0.1, -0.05) is 18.2 Å². The number of pyridine rings is 1. The molecule has 7 nitrogen and oxygen atoms in total. The Morgan fingerprint density at radius 2 is 1.79 bits per heavy atom. The van der Waals surface area contributed by atoms with Gasteiger partial charge in [-0.15, -0.1) is 5.10 Å². The van der Waals surface area contributed by atoms with E-state index in [0.29, 0.717) is 16.8 Å². The van der Waals surface area contributed by atoms with Gasteiger partial charge in [-0.25, -0.2) is 8.42 Å². The lowest BCUT2D eigenvalue weighted by Gasteiger charge is -2.08. The Labute approximate surface area is 139 Å². The Bertz CT molecular complexity index is 1080. The number of hydrogen-bond donors (Lipinski definition) is 0. The lowest BCUT2D eigenvalue weighted by Crippen LogP contribution is -2.16. The van der Waals surface area contributed by atoms with Crippen LogP contribution in [0.3, 0.4) is 0 Å². The van der Waals surface area contributed by atoms with Crippen molar-refractivity contribution in [3.63, 3.8) is 0 Å². The van der Waals surface area contributed by atoms with Crippen LogP contribution in [0.5, 0.6) is 5.88 Å². The average Bonchev–Trinajstić information content (AvgIpc) is 2.91. The maximum absolute atomic E-state index is 12.3. The van der Waals surface area contributed by atoms with Crippen LogP contribution in [-0.4, -0.2) is 36.1 Å². The number of benzene rings is 1. The van der Waals surface area contributed by atoms with Gasteiger partial charge in [0.1, 0.15) is 5.88 Å². The van der Waals surface area contributed by atoms with Crippen molar-refractivity contribution < 1.29 is 13.2 Å². The second kappa shape index (κ2) is 5.79. The van der Waals surface area contributed by atoms with Crippen molar-refractivity contribution in [1.82, 2.24) is 14.3 Å². The maximum atomic E-state index is 12.3. The second-order valence-electron chi connectivity index (χ2n) is 5.65. The van der Waals surface area contributed by atoms with E-state index in [1.807, 2.05) is 12.1 Å². The minimum atomic E-state index is -3.24. The zero-order valence-electron chi connectivity index (χ0n) is 13.6. The van der Waals surface area contributed by atoms with Crippen LogP contribution in [0.1, 0.15) is 0 Å². The highest BCUT2D eigenvalue weighted by Gasteiger charge is 2.17. The van der Waals surface area contributed by atoms with Gasteiger partial charge in [-0.2, -0.15) is 0 Å². The van der Waals surface area contributed by atoms with E-state index in [-0.39, 0.29) is 11.4 Å². The van der Waals surface area contributed by atoms with Crippen LogP contribution in [0.15, 0.2) is 41.5 Å². The van der Waals surface area contributed by atoms with Crippen LogP contribution in [0.2, 0.25) is 0 Å². The first-order valence-electron chi connectivity index (χ1n) is 7.18. The maximum Gasteiger partial charge on any atom is 0.258 e. The molecule has 24 heavy (non-hydrogen) atoms. The molecule has 0 aliphatic rings. The number of ether oxygens (including phenoxy) is 1. The first kappa shape index (κ1) is 16.3. The van der Waals surface area contributed by atoms with Gasteiger partial charge in [0.05, 0.1) is 12.7 Å². The van der Waals surface area contributed by atoms with Crippen LogP contribution in [0.25, 0.3) is 21.9 Å². The quantitative estimate of drug-likeness (QED) is 0.713. The summed E-state index contributed by atoms with van der Waals surface area (Å²) < 4.78 is 31.1. The Hall–Kier alpha value is -2.61. The zero-order valence-corrected chi connectivity index (χ0v) is 14.4. The summed E-state index contributed by atoms with van der Waals surface area (Å²) in [6, 6.07) is 7.25. The SMILES string of the molecule is COc1nn(CS(C)(=O)=O)cc1-c1cn(C)c(=O)c2ccccc12. The predicted molar refractivity (Wildman–Crippen MR) is 91.8 cm³/mol. The summed E-state index contributed by atoms with van der Waals surface area (Å²) in [7, 11) is -0.0934. The molecule has 3 rings (SSSR count). The number of sulfone groups is 1. The van der Waals surface area contributed by atoms with E-state index in [0.717, 1.165) is 17.2 Å². The fraction of sp³-hybridized carbons (Fsp3) is 0.250. The van der Waals surface area contributed by atoms with Crippen molar-refractivity contribution >= 4 is 20.6 Å². The monoisotopic (exact) mass is 347 g/mol. The lowest BCUT2D eigenvalue weighted by molar-refractivity contribution is 0.392. The highest BCUT2D eigenvalue weighted by Crippen LogP contribution is 2.33. The molecule has 8 heteroatoms. The summed E-state index contributed by atoms with van der Waals surface area (Å²) in [6.45, 7) is 0. The van der Waals surface area contributed by atoms with Gasteiger partial charge in [0.15, 0.2) is 9.84 Å². The third-order valence-electron chi connectivity index (χ3n) is 3.67. The molecule has 0 atom stereocenters. The smallest absolute Gasteiger partial charge is 0.258 e. The molecule has 0 spiro atoms. The van der Waals surface area contributed by atoms with Crippen LogP contribution < -0.4 is 10.3 Å². The molecule has 0 saturated carbocycles. The molecule has 0 bridgehead atoms. The molecule has 0 fully saturated rings. The van der Waals surface area contributed by atoms with Crippen molar-refractivity contribution in [2.75, 3.05) is 13.4 Å². The predicted octanol–water partition coefficient (Wildman–Crippen LogP) is 1.41. The van der Waals surface area contributed by atoms with E-state index in [9.17, 15) is 13.2 Å². The van der Waals surface area contributed by atoms with Gasteiger partial charge < -0.3 is 9.30 Å². The van der Waals surface area contributed by atoms with E-state index in [1.165, 1.54) is 16.4 Å². The van der Waals surface area contributed by atoms with Gasteiger partial charge in [0.2, 0.25) is 5.88 Å². The summed E-state index contributed by atoms with van der Waals surface area (Å²) in [4.78, 5) is 12.3. The molecule has 0 saturated heterocycles. The lowest BCUT2D eigenvalue weighted by atomic mass is 10.0. The van der Waals surface area contributed by atoms with Crippen molar-refractivity contribution in [1.29, 1.82) is 0 Å². The molecule has 2 heterocycles. The number of nitrogens with zero attached hydrogens (tertiary/aromatic N) is 3. The van der Waals surface area contributed by atoms with E-state index < -0.39 is 9.84 Å². The molecule has 0 aliphatic carbocycles. The number of rotatable bonds is 4. The Morgan fingerprint density at radius 1 is 1.12 bits per heavy atom. The van der Waals surface area contributed by atoms with Gasteiger partial charge in [0, 0.05) is 36.6 Å². The first-order valence-corrected chi connectivity index (χ1v) is 9.24. The molecule has 0 amide bonds. The number of fused-ring (bicyclic) bond motifs is 1. The third-order valence-corrected chi connectivity index (χ3v) is 4.40. The molecular weight excluding hydrogens is 330 g/mol. The molecule has 3 aromatic rings. The van der Waals surface area contributed by atoms with Crippen molar-refractivity contribution in [2.24, 2.45) is 7.05 Å². The van der Waals surface area contributed by atoms with Crippen molar-refractivity contribution in [3.05, 3.63) is 47.0 Å². The third kappa shape index (κ3) is 2.92. The largest absolute Gasteiger partial charge is 0.479 e. The summed E-state index contributed by atoms with van der Waals surface area (Å²) in [6.07, 6.45) is 4.46. The fourth-order valence-electron chi connectivity index (χ4n) is 2.68. The van der Waals surface area contributed by atoms with Gasteiger partial charge >= 0.3 is 0 Å². The first-order chi connectivity index (χ1) is 11.3. The summed E-state index contributed by atoms with van der Waals surface area (Å²) in [5.74, 6) is 0.0648. The Balaban J connectivity index is 2.28. The molecular formula is C16H17N3O4S. The van der Waals surface area contributed by atoms with Crippen LogP contribution in [0, 0.1) is 0 Å². The van der Waals surface area contributed by atoms with Crippen molar-refractivity contribution in [3.8, 4) is 17.0 Å². The molecule has 126 valence electrons.